The fourth-order valence-corrected chi connectivity index (χ4v) is 3.05. The second-order valence-electron chi connectivity index (χ2n) is 5.71. The molecule has 0 fully saturated rings. The molecule has 3 aromatic rings. The maximum Gasteiger partial charge on any atom is 0.299 e. The summed E-state index contributed by atoms with van der Waals surface area (Å²) in [4.78, 5) is 12.2. The Kier molecular flexibility index (Phi) is 4.58. The number of para-hydroxylation sites is 1. The van der Waals surface area contributed by atoms with Crippen molar-refractivity contribution in [1.29, 1.82) is 0 Å². The number of hydrogen-bond acceptors (Lipinski definition) is 5. The fraction of sp³-hybridized carbons (Fsp3) is 0.118. The van der Waals surface area contributed by atoms with Crippen LogP contribution in [0.4, 0.5) is 11.4 Å². The second kappa shape index (κ2) is 6.70. The molecule has 2 N–H and O–H groups in total. The predicted molar refractivity (Wildman–Crippen MR) is 96.3 cm³/mol. The highest BCUT2D eigenvalue weighted by molar-refractivity contribution is 7.86. The first-order valence-corrected chi connectivity index (χ1v) is 9.08. The van der Waals surface area contributed by atoms with Gasteiger partial charge in [0.2, 0.25) is 0 Å². The van der Waals surface area contributed by atoms with Crippen LogP contribution in [0.3, 0.4) is 0 Å². The van der Waals surface area contributed by atoms with Crippen LogP contribution in [0.2, 0.25) is 0 Å². The van der Waals surface area contributed by atoms with Gasteiger partial charge in [0.25, 0.3) is 15.7 Å². The van der Waals surface area contributed by atoms with Crippen LogP contribution in [0.1, 0.15) is 11.3 Å². The Balaban J connectivity index is 2.08. The third kappa shape index (κ3) is 3.48. The fourth-order valence-electron chi connectivity index (χ4n) is 2.44. The van der Waals surface area contributed by atoms with Gasteiger partial charge in [-0.15, -0.1) is 10.2 Å². The minimum absolute atomic E-state index is 0.0428. The summed E-state index contributed by atoms with van der Waals surface area (Å²) < 4.78 is 33.6. The van der Waals surface area contributed by atoms with Gasteiger partial charge in [0.1, 0.15) is 10.6 Å². The van der Waals surface area contributed by atoms with Crippen molar-refractivity contribution in [2.45, 2.75) is 18.7 Å². The Morgan fingerprint density at radius 3 is 2.38 bits per heavy atom. The number of azo groups is 1. The lowest BCUT2D eigenvalue weighted by Gasteiger charge is -2.02. The second-order valence-corrected chi connectivity index (χ2v) is 7.10. The molecule has 26 heavy (non-hydrogen) atoms. The average Bonchev–Trinajstić information content (AvgIpc) is 2.87. The van der Waals surface area contributed by atoms with E-state index in [1.807, 2.05) is 6.07 Å². The van der Waals surface area contributed by atoms with Gasteiger partial charge in [-0.25, -0.2) is 4.68 Å². The highest BCUT2D eigenvalue weighted by Crippen LogP contribution is 2.27. The van der Waals surface area contributed by atoms with E-state index in [9.17, 15) is 17.8 Å². The van der Waals surface area contributed by atoms with Gasteiger partial charge in [0, 0.05) is 0 Å². The molecule has 1 heterocycles. The number of aromatic amines is 1. The van der Waals surface area contributed by atoms with Crippen molar-refractivity contribution in [2.24, 2.45) is 10.2 Å². The number of nitrogens with one attached hydrogen (secondary N) is 1. The van der Waals surface area contributed by atoms with Crippen LogP contribution >= 0.6 is 0 Å². The predicted octanol–water partition coefficient (Wildman–Crippen LogP) is 3.44. The van der Waals surface area contributed by atoms with Crippen LogP contribution in [0.25, 0.3) is 5.69 Å². The first kappa shape index (κ1) is 17.8. The molecule has 134 valence electrons. The van der Waals surface area contributed by atoms with Crippen LogP contribution in [-0.4, -0.2) is 22.8 Å². The normalized spacial score (nSPS) is 12.0. The van der Waals surface area contributed by atoms with Gasteiger partial charge >= 0.3 is 0 Å². The minimum Gasteiger partial charge on any atom is -0.293 e. The van der Waals surface area contributed by atoms with Crippen molar-refractivity contribution >= 4 is 21.5 Å². The lowest BCUT2D eigenvalue weighted by Crippen LogP contribution is -2.13. The van der Waals surface area contributed by atoms with E-state index in [-0.39, 0.29) is 16.3 Å². The van der Waals surface area contributed by atoms with Gasteiger partial charge in [0.05, 0.1) is 11.4 Å². The Morgan fingerprint density at radius 2 is 1.73 bits per heavy atom. The number of hydrogen-bond donors (Lipinski definition) is 2. The van der Waals surface area contributed by atoms with Crippen molar-refractivity contribution in [2.75, 3.05) is 0 Å². The molecule has 8 nitrogen and oxygen atoms in total. The van der Waals surface area contributed by atoms with E-state index in [0.29, 0.717) is 11.4 Å². The SMILES string of the molecule is Cc1ccc(S(=O)(=O)O)c(N=Nc2c(C)[nH]n(-c3ccccc3)c2=O)c1. The Bertz CT molecular complexity index is 1150. The number of nitrogens with zero attached hydrogens (tertiary/aromatic N) is 3. The summed E-state index contributed by atoms with van der Waals surface area (Å²) in [6.07, 6.45) is 0. The van der Waals surface area contributed by atoms with Crippen molar-refractivity contribution in [3.63, 3.8) is 0 Å². The lowest BCUT2D eigenvalue weighted by atomic mass is 10.2. The van der Waals surface area contributed by atoms with Crippen molar-refractivity contribution < 1.29 is 13.0 Å². The average molecular weight is 372 g/mol. The summed E-state index contributed by atoms with van der Waals surface area (Å²) in [7, 11) is -4.46. The molecule has 0 bridgehead atoms. The van der Waals surface area contributed by atoms with Gasteiger partial charge < -0.3 is 0 Å². The molecule has 9 heteroatoms. The molecule has 1 aromatic heterocycles. The van der Waals surface area contributed by atoms with Crippen molar-refractivity contribution in [3.8, 4) is 5.69 Å². The Morgan fingerprint density at radius 1 is 1.04 bits per heavy atom. The quantitative estimate of drug-likeness (QED) is 0.539. The summed E-state index contributed by atoms with van der Waals surface area (Å²) in [5, 5.41) is 10.7. The molecule has 0 unspecified atom stereocenters. The zero-order valence-electron chi connectivity index (χ0n) is 14.0. The van der Waals surface area contributed by atoms with Gasteiger partial charge in [-0.05, 0) is 43.7 Å². The monoisotopic (exact) mass is 372 g/mol. The van der Waals surface area contributed by atoms with Crippen LogP contribution in [-0.2, 0) is 10.1 Å². The summed E-state index contributed by atoms with van der Waals surface area (Å²) in [5.74, 6) is 0. The minimum atomic E-state index is -4.46. The summed E-state index contributed by atoms with van der Waals surface area (Å²) in [5.41, 5.74) is 1.44. The number of aromatic nitrogens is 2. The summed E-state index contributed by atoms with van der Waals surface area (Å²) in [6, 6.07) is 13.2. The third-order valence-electron chi connectivity index (χ3n) is 3.70. The van der Waals surface area contributed by atoms with Gasteiger partial charge in [-0.3, -0.25) is 14.4 Å². The molecule has 0 saturated heterocycles. The van der Waals surface area contributed by atoms with E-state index >= 15 is 0 Å². The maximum absolute atomic E-state index is 12.6. The Labute approximate surface area is 149 Å². The van der Waals surface area contributed by atoms with Crippen LogP contribution in [0.15, 0.2) is 68.4 Å². The summed E-state index contributed by atoms with van der Waals surface area (Å²) >= 11 is 0. The third-order valence-corrected chi connectivity index (χ3v) is 4.61. The van der Waals surface area contributed by atoms with Gasteiger partial charge in [-0.1, -0.05) is 24.3 Å². The van der Waals surface area contributed by atoms with Crippen LogP contribution in [0, 0.1) is 13.8 Å². The largest absolute Gasteiger partial charge is 0.299 e. The molecule has 2 aromatic carbocycles. The molecule has 0 saturated carbocycles. The highest BCUT2D eigenvalue weighted by atomic mass is 32.2. The van der Waals surface area contributed by atoms with Crippen molar-refractivity contribution in [1.82, 2.24) is 9.78 Å². The molecule has 0 aliphatic carbocycles. The maximum atomic E-state index is 12.6. The number of rotatable bonds is 4. The van der Waals surface area contributed by atoms with Crippen LogP contribution < -0.4 is 5.56 Å². The lowest BCUT2D eigenvalue weighted by molar-refractivity contribution is 0.483. The first-order chi connectivity index (χ1) is 12.3. The van der Waals surface area contributed by atoms with E-state index in [1.165, 1.54) is 22.9 Å². The molecular formula is C17H16N4O4S. The molecular weight excluding hydrogens is 356 g/mol. The molecule has 3 rings (SSSR count). The van der Waals surface area contributed by atoms with E-state index in [1.54, 1.807) is 38.1 Å². The smallest absolute Gasteiger partial charge is 0.293 e. The van der Waals surface area contributed by atoms with Crippen LogP contribution in [0.5, 0.6) is 0 Å². The number of H-pyrrole nitrogens is 1. The van der Waals surface area contributed by atoms with Crippen molar-refractivity contribution in [3.05, 3.63) is 70.1 Å². The van der Waals surface area contributed by atoms with E-state index in [0.717, 1.165) is 5.56 Å². The van der Waals surface area contributed by atoms with E-state index < -0.39 is 15.7 Å². The van der Waals surface area contributed by atoms with E-state index in [4.69, 9.17) is 0 Å². The first-order valence-electron chi connectivity index (χ1n) is 7.64. The molecule has 0 aliphatic rings. The highest BCUT2D eigenvalue weighted by Gasteiger charge is 2.16. The van der Waals surface area contributed by atoms with Gasteiger partial charge in [-0.2, -0.15) is 8.42 Å². The molecule has 0 spiro atoms. The number of aryl methyl sites for hydroxylation is 2. The summed E-state index contributed by atoms with van der Waals surface area (Å²) in [6.45, 7) is 3.41. The topological polar surface area (TPSA) is 117 Å². The number of benzene rings is 2. The molecule has 0 amide bonds. The zero-order valence-corrected chi connectivity index (χ0v) is 14.9. The molecule has 0 radical (unpaired) electrons. The zero-order chi connectivity index (χ0) is 18.9. The molecule has 0 aliphatic heterocycles. The standard InChI is InChI=1S/C17H16N4O4S/c1-11-8-9-15(26(23,24)25)14(10-11)18-19-16-12(2)20-21(17(16)22)13-6-4-3-5-7-13/h3-10,20H,1-2H3,(H,23,24,25). The molecule has 0 atom stereocenters. The Hall–Kier alpha value is -3.04. The van der Waals surface area contributed by atoms with E-state index in [2.05, 4.69) is 15.3 Å². The van der Waals surface area contributed by atoms with Gasteiger partial charge in [0.15, 0.2) is 5.69 Å².